The minimum absolute atomic E-state index is 0.333. The van der Waals surface area contributed by atoms with Gasteiger partial charge in [0.2, 0.25) is 0 Å². The molecule has 1 aliphatic heterocycles. The number of hydrogen-bond acceptors (Lipinski definition) is 6. The molecule has 0 bridgehead atoms. The van der Waals surface area contributed by atoms with Crippen molar-refractivity contribution in [1.29, 1.82) is 0 Å². The molecule has 1 fully saturated rings. The summed E-state index contributed by atoms with van der Waals surface area (Å²) in [6.45, 7) is 1.32. The Morgan fingerprint density at radius 3 is 3.17 bits per heavy atom. The van der Waals surface area contributed by atoms with Crippen LogP contribution in [-0.4, -0.2) is 50.6 Å². The topological polar surface area (TPSA) is 104 Å². The Morgan fingerprint density at radius 1 is 1.39 bits per heavy atom. The molecule has 8 heteroatoms. The minimum Gasteiger partial charge on any atom is -0.450 e. The molecule has 3 aromatic rings. The Balaban J connectivity index is 1.78. The highest BCUT2D eigenvalue weighted by atomic mass is 16.7. The summed E-state index contributed by atoms with van der Waals surface area (Å²) < 4.78 is 4.94. The first-order valence-corrected chi connectivity index (χ1v) is 7.43. The molecule has 4 rings (SSSR count). The van der Waals surface area contributed by atoms with Gasteiger partial charge in [-0.25, -0.2) is 14.8 Å². The van der Waals surface area contributed by atoms with Gasteiger partial charge in [-0.2, -0.15) is 5.10 Å². The molecule has 23 heavy (non-hydrogen) atoms. The van der Waals surface area contributed by atoms with E-state index in [9.17, 15) is 4.79 Å². The van der Waals surface area contributed by atoms with Crippen molar-refractivity contribution in [2.75, 3.05) is 18.0 Å². The van der Waals surface area contributed by atoms with E-state index in [1.165, 1.54) is 0 Å². The lowest BCUT2D eigenvalue weighted by atomic mass is 10.1. The lowest BCUT2D eigenvalue weighted by Crippen LogP contribution is -2.41. The molecule has 0 radical (unpaired) electrons. The Bertz CT molecular complexity index is 878. The smallest absolute Gasteiger partial charge is 0.450 e. The first-order chi connectivity index (χ1) is 11.2. The van der Waals surface area contributed by atoms with Gasteiger partial charge in [0.15, 0.2) is 5.65 Å². The molecule has 3 aromatic heterocycles. The van der Waals surface area contributed by atoms with Crippen LogP contribution in [0.25, 0.3) is 21.8 Å². The predicted octanol–water partition coefficient (Wildman–Crippen LogP) is 2.17. The van der Waals surface area contributed by atoms with Gasteiger partial charge in [-0.1, -0.05) is 0 Å². The zero-order chi connectivity index (χ0) is 15.8. The molecule has 0 spiro atoms. The minimum atomic E-state index is -1.23. The van der Waals surface area contributed by atoms with E-state index in [-0.39, 0.29) is 6.10 Å². The fourth-order valence-electron chi connectivity index (χ4n) is 3.17. The van der Waals surface area contributed by atoms with E-state index in [1.54, 1.807) is 18.6 Å². The molecule has 0 aliphatic carbocycles. The number of anilines is 1. The maximum atomic E-state index is 10.8. The van der Waals surface area contributed by atoms with Gasteiger partial charge < -0.3 is 14.7 Å². The third kappa shape index (κ3) is 2.41. The summed E-state index contributed by atoms with van der Waals surface area (Å²) in [4.78, 5) is 21.4. The average Bonchev–Trinajstić information content (AvgIpc) is 3.02. The number of nitrogens with one attached hydrogen (secondary N) is 1. The number of aromatic amines is 1. The standard InChI is InChI=1S/C15H15N5O3/c21-15(22)23-10-2-1-5-20(8-10)14-12-9(7-18-19-14)6-17-13-11(12)3-4-16-13/h3-4,6-7,10,19H,1-2,5,8H2,(H,21,22). The molecule has 0 aromatic carbocycles. The van der Waals surface area contributed by atoms with E-state index in [0.717, 1.165) is 41.4 Å². The first kappa shape index (κ1) is 13.7. The van der Waals surface area contributed by atoms with E-state index >= 15 is 0 Å². The van der Waals surface area contributed by atoms with Crippen molar-refractivity contribution in [2.45, 2.75) is 18.9 Å². The van der Waals surface area contributed by atoms with Crippen LogP contribution in [0.2, 0.25) is 0 Å². The van der Waals surface area contributed by atoms with Gasteiger partial charge >= 0.3 is 6.16 Å². The number of nitrogens with zero attached hydrogens (tertiary/aromatic N) is 4. The van der Waals surface area contributed by atoms with Gasteiger partial charge in [0, 0.05) is 35.1 Å². The second kappa shape index (κ2) is 5.38. The number of carboxylic acid groups (broad SMARTS) is 1. The van der Waals surface area contributed by atoms with Gasteiger partial charge in [-0.15, -0.1) is 0 Å². The lowest BCUT2D eigenvalue weighted by Gasteiger charge is -2.33. The zero-order valence-electron chi connectivity index (χ0n) is 12.3. The Hall–Kier alpha value is -2.90. The quantitative estimate of drug-likeness (QED) is 0.699. The van der Waals surface area contributed by atoms with Gasteiger partial charge in [0.05, 0.1) is 12.7 Å². The highest BCUT2D eigenvalue weighted by molar-refractivity contribution is 6.09. The first-order valence-electron chi connectivity index (χ1n) is 7.43. The van der Waals surface area contributed by atoms with Crippen molar-refractivity contribution in [3.8, 4) is 0 Å². The van der Waals surface area contributed by atoms with Crippen molar-refractivity contribution < 1.29 is 14.6 Å². The zero-order valence-corrected chi connectivity index (χ0v) is 12.3. The maximum absolute atomic E-state index is 10.8. The van der Waals surface area contributed by atoms with Crippen LogP contribution in [0.5, 0.6) is 0 Å². The van der Waals surface area contributed by atoms with Gasteiger partial charge in [0.1, 0.15) is 11.9 Å². The molecule has 118 valence electrons. The molecule has 1 aliphatic rings. The fourth-order valence-corrected chi connectivity index (χ4v) is 3.17. The number of piperidine rings is 1. The van der Waals surface area contributed by atoms with E-state index < -0.39 is 6.16 Å². The monoisotopic (exact) mass is 313 g/mol. The van der Waals surface area contributed by atoms with Crippen LogP contribution in [-0.2, 0) is 4.74 Å². The van der Waals surface area contributed by atoms with Crippen LogP contribution < -0.4 is 4.90 Å². The Morgan fingerprint density at radius 2 is 2.30 bits per heavy atom. The molecule has 1 saturated heterocycles. The lowest BCUT2D eigenvalue weighted by molar-refractivity contribution is 0.0457. The molecular formula is C15H15N5O3. The molecule has 0 saturated carbocycles. The summed E-state index contributed by atoms with van der Waals surface area (Å²) in [6.07, 6.45) is 5.24. The second-order valence-corrected chi connectivity index (χ2v) is 5.58. The summed E-state index contributed by atoms with van der Waals surface area (Å²) in [5.41, 5.74) is 0.689. The van der Waals surface area contributed by atoms with Gasteiger partial charge in [-0.3, -0.25) is 5.10 Å². The Labute approximate surface area is 131 Å². The molecule has 1 unspecified atom stereocenters. The third-order valence-electron chi connectivity index (χ3n) is 4.14. The normalized spacial score (nSPS) is 18.4. The number of ether oxygens (including phenoxy) is 1. The number of hydrogen-bond donors (Lipinski definition) is 2. The van der Waals surface area contributed by atoms with Crippen molar-refractivity contribution >= 4 is 33.8 Å². The van der Waals surface area contributed by atoms with E-state index in [2.05, 4.69) is 25.1 Å². The van der Waals surface area contributed by atoms with E-state index in [1.807, 2.05) is 6.07 Å². The number of fused-ring (bicyclic) bond motifs is 3. The van der Waals surface area contributed by atoms with Crippen molar-refractivity contribution in [1.82, 2.24) is 20.2 Å². The molecule has 1 atom stereocenters. The van der Waals surface area contributed by atoms with Crippen LogP contribution in [0.1, 0.15) is 12.8 Å². The number of H-pyrrole nitrogens is 1. The summed E-state index contributed by atoms with van der Waals surface area (Å²) in [6, 6.07) is 1.93. The number of rotatable bonds is 2. The van der Waals surface area contributed by atoms with E-state index in [4.69, 9.17) is 9.84 Å². The molecule has 0 amide bonds. The van der Waals surface area contributed by atoms with Crippen LogP contribution in [0.15, 0.2) is 24.7 Å². The predicted molar refractivity (Wildman–Crippen MR) is 83.5 cm³/mol. The highest BCUT2D eigenvalue weighted by Gasteiger charge is 2.25. The van der Waals surface area contributed by atoms with Crippen LogP contribution >= 0.6 is 0 Å². The number of pyridine rings is 1. The van der Waals surface area contributed by atoms with Gasteiger partial charge in [0.25, 0.3) is 0 Å². The van der Waals surface area contributed by atoms with E-state index in [0.29, 0.717) is 12.2 Å². The molecule has 4 heterocycles. The fraction of sp³-hybridized carbons (Fsp3) is 0.333. The largest absolute Gasteiger partial charge is 0.506 e. The summed E-state index contributed by atoms with van der Waals surface area (Å²) in [5, 5.41) is 18.9. The SMILES string of the molecule is O=C(O)OC1CCCN(c2[nH]ncc3cnc4nccc4c23)C1. The van der Waals surface area contributed by atoms with Crippen molar-refractivity contribution in [3.05, 3.63) is 24.7 Å². The molecular weight excluding hydrogens is 298 g/mol. The highest BCUT2D eigenvalue weighted by Crippen LogP contribution is 2.31. The van der Waals surface area contributed by atoms with Crippen molar-refractivity contribution in [2.24, 2.45) is 0 Å². The average molecular weight is 313 g/mol. The molecule has 2 N–H and O–H groups in total. The van der Waals surface area contributed by atoms with Crippen LogP contribution in [0.4, 0.5) is 10.6 Å². The maximum Gasteiger partial charge on any atom is 0.506 e. The number of aromatic nitrogens is 4. The summed E-state index contributed by atoms with van der Waals surface area (Å²) in [7, 11) is 0. The molecule has 8 nitrogen and oxygen atoms in total. The summed E-state index contributed by atoms with van der Waals surface area (Å²) >= 11 is 0. The Kier molecular flexibility index (Phi) is 3.22. The van der Waals surface area contributed by atoms with Gasteiger partial charge in [-0.05, 0) is 18.9 Å². The van der Waals surface area contributed by atoms with Crippen LogP contribution in [0.3, 0.4) is 0 Å². The number of carbonyl (C=O) groups is 1. The van der Waals surface area contributed by atoms with Crippen molar-refractivity contribution in [3.63, 3.8) is 0 Å². The van der Waals surface area contributed by atoms with Crippen LogP contribution in [0, 0.1) is 0 Å². The summed E-state index contributed by atoms with van der Waals surface area (Å²) in [5.74, 6) is 0.849. The second-order valence-electron chi connectivity index (χ2n) is 5.58. The third-order valence-corrected chi connectivity index (χ3v) is 4.14.